The minimum absolute atomic E-state index is 0.0601. The zero-order chi connectivity index (χ0) is 22.2. The third-order valence-electron chi connectivity index (χ3n) is 4.54. The molecule has 0 unspecified atom stereocenters. The first kappa shape index (κ1) is 21.9. The van der Waals surface area contributed by atoms with E-state index in [0.717, 1.165) is 11.3 Å². The maximum atomic E-state index is 12.8. The number of hydrogen-bond donors (Lipinski definition) is 2. The lowest BCUT2D eigenvalue weighted by atomic mass is 10.1. The van der Waals surface area contributed by atoms with E-state index in [2.05, 4.69) is 15.8 Å². The number of aromatic nitrogens is 1. The van der Waals surface area contributed by atoms with Gasteiger partial charge < -0.3 is 24.6 Å². The zero-order valence-electron chi connectivity index (χ0n) is 17.7. The van der Waals surface area contributed by atoms with Crippen molar-refractivity contribution >= 4 is 17.5 Å². The summed E-state index contributed by atoms with van der Waals surface area (Å²) in [6.45, 7) is 6.25. The number of hydrogen-bond acceptors (Lipinski definition) is 6. The van der Waals surface area contributed by atoms with Crippen molar-refractivity contribution in [1.82, 2.24) is 10.5 Å². The largest absolute Gasteiger partial charge is 0.488 e. The molecule has 0 aliphatic heterocycles. The summed E-state index contributed by atoms with van der Waals surface area (Å²) in [6, 6.07) is 13.8. The molecule has 2 aromatic carbocycles. The smallest absolute Gasteiger partial charge is 0.259 e. The highest BCUT2D eigenvalue weighted by atomic mass is 16.5. The number of benzene rings is 2. The summed E-state index contributed by atoms with van der Waals surface area (Å²) >= 11 is 0. The van der Waals surface area contributed by atoms with E-state index in [0.29, 0.717) is 35.1 Å². The maximum absolute atomic E-state index is 12.8. The molecule has 0 spiro atoms. The molecular formula is C23H25N3O5. The number of carbonyl (C=O) groups excluding carboxylic acids is 2. The van der Waals surface area contributed by atoms with Crippen LogP contribution in [0.3, 0.4) is 0 Å². The van der Waals surface area contributed by atoms with E-state index < -0.39 is 0 Å². The van der Waals surface area contributed by atoms with Gasteiger partial charge in [-0.2, -0.15) is 0 Å². The van der Waals surface area contributed by atoms with Crippen molar-refractivity contribution in [2.75, 3.05) is 18.5 Å². The Morgan fingerprint density at radius 2 is 1.77 bits per heavy atom. The zero-order valence-corrected chi connectivity index (χ0v) is 17.7. The summed E-state index contributed by atoms with van der Waals surface area (Å²) in [7, 11) is 0. The van der Waals surface area contributed by atoms with E-state index in [1.165, 1.54) is 0 Å². The van der Waals surface area contributed by atoms with E-state index >= 15 is 0 Å². The normalized spacial score (nSPS) is 10.4. The van der Waals surface area contributed by atoms with Gasteiger partial charge in [-0.05, 0) is 57.2 Å². The monoisotopic (exact) mass is 423 g/mol. The van der Waals surface area contributed by atoms with Gasteiger partial charge in [0.2, 0.25) is 0 Å². The fourth-order valence-corrected chi connectivity index (χ4v) is 2.87. The number of amides is 2. The van der Waals surface area contributed by atoms with Crippen LogP contribution < -0.4 is 20.1 Å². The second-order valence-electron chi connectivity index (χ2n) is 6.81. The van der Waals surface area contributed by atoms with Gasteiger partial charge in [-0.1, -0.05) is 17.3 Å². The Bertz CT molecular complexity index is 1020. The molecule has 0 fully saturated rings. The third kappa shape index (κ3) is 5.85. The highest BCUT2D eigenvalue weighted by molar-refractivity contribution is 6.06. The Labute approximate surface area is 180 Å². The molecule has 0 saturated carbocycles. The van der Waals surface area contributed by atoms with Crippen molar-refractivity contribution in [1.29, 1.82) is 0 Å². The standard InChI is InChI=1S/C23H25N3O5/c1-4-24-22(27)14-29-18-11-9-17(10-12-18)25-23(28)19-7-5-6-8-21(19)30-13-20-15(2)26-31-16(20)3/h5-12H,4,13-14H2,1-3H3,(H,24,27)(H,25,28). The Morgan fingerprint density at radius 1 is 1.03 bits per heavy atom. The average molecular weight is 423 g/mol. The summed E-state index contributed by atoms with van der Waals surface area (Å²) in [4.78, 5) is 24.3. The van der Waals surface area contributed by atoms with Crippen LogP contribution in [0.5, 0.6) is 11.5 Å². The molecule has 8 heteroatoms. The first-order chi connectivity index (χ1) is 15.0. The van der Waals surface area contributed by atoms with Gasteiger partial charge in [0.25, 0.3) is 11.8 Å². The first-order valence-electron chi connectivity index (χ1n) is 9.92. The van der Waals surface area contributed by atoms with Crippen molar-refractivity contribution in [2.24, 2.45) is 0 Å². The number of likely N-dealkylation sites (N-methyl/N-ethyl adjacent to an activating group) is 1. The van der Waals surface area contributed by atoms with Crippen LogP contribution in [0.1, 0.15) is 34.3 Å². The van der Waals surface area contributed by atoms with Crippen LogP contribution in [0.4, 0.5) is 5.69 Å². The second-order valence-corrected chi connectivity index (χ2v) is 6.81. The molecule has 2 amide bonds. The molecule has 0 bridgehead atoms. The van der Waals surface area contributed by atoms with Crippen LogP contribution >= 0.6 is 0 Å². The summed E-state index contributed by atoms with van der Waals surface area (Å²) < 4.78 is 16.4. The first-order valence-corrected chi connectivity index (χ1v) is 9.92. The number of anilines is 1. The summed E-state index contributed by atoms with van der Waals surface area (Å²) in [5, 5.41) is 9.42. The number of para-hydroxylation sites is 1. The molecule has 1 heterocycles. The molecule has 3 aromatic rings. The van der Waals surface area contributed by atoms with Gasteiger partial charge in [-0.25, -0.2) is 0 Å². The van der Waals surface area contributed by atoms with Gasteiger partial charge in [0.05, 0.1) is 16.8 Å². The number of rotatable bonds is 9. The van der Waals surface area contributed by atoms with Crippen LogP contribution in [0.15, 0.2) is 53.1 Å². The minimum Gasteiger partial charge on any atom is -0.488 e. The Kier molecular flexibility index (Phi) is 7.26. The molecule has 1 aromatic heterocycles. The van der Waals surface area contributed by atoms with E-state index in [1.54, 1.807) is 48.5 Å². The summed E-state index contributed by atoms with van der Waals surface area (Å²) in [5.74, 6) is 1.20. The van der Waals surface area contributed by atoms with Crippen molar-refractivity contribution in [3.05, 3.63) is 71.1 Å². The van der Waals surface area contributed by atoms with Crippen LogP contribution in [0.25, 0.3) is 0 Å². The Morgan fingerprint density at radius 3 is 2.45 bits per heavy atom. The fourth-order valence-electron chi connectivity index (χ4n) is 2.87. The van der Waals surface area contributed by atoms with E-state index in [4.69, 9.17) is 14.0 Å². The lowest BCUT2D eigenvalue weighted by molar-refractivity contribution is -0.122. The van der Waals surface area contributed by atoms with Gasteiger partial charge in [0.1, 0.15) is 23.9 Å². The van der Waals surface area contributed by atoms with Crippen molar-refractivity contribution < 1.29 is 23.6 Å². The van der Waals surface area contributed by atoms with Crippen LogP contribution in [-0.2, 0) is 11.4 Å². The molecule has 0 aliphatic rings. The highest BCUT2D eigenvalue weighted by Crippen LogP contribution is 2.23. The van der Waals surface area contributed by atoms with Crippen molar-refractivity contribution in [2.45, 2.75) is 27.4 Å². The average Bonchev–Trinajstić information content (AvgIpc) is 3.09. The van der Waals surface area contributed by atoms with Gasteiger partial charge in [0.15, 0.2) is 6.61 Å². The predicted molar refractivity (Wildman–Crippen MR) is 115 cm³/mol. The minimum atomic E-state index is -0.301. The van der Waals surface area contributed by atoms with Crippen LogP contribution in [0.2, 0.25) is 0 Å². The number of carbonyl (C=O) groups is 2. The van der Waals surface area contributed by atoms with Crippen molar-refractivity contribution in [3.63, 3.8) is 0 Å². The molecule has 2 N–H and O–H groups in total. The lowest BCUT2D eigenvalue weighted by Crippen LogP contribution is -2.28. The fraction of sp³-hybridized carbons (Fsp3) is 0.261. The molecule has 0 aliphatic carbocycles. The Balaban J connectivity index is 1.62. The van der Waals surface area contributed by atoms with E-state index in [1.807, 2.05) is 20.8 Å². The molecule has 162 valence electrons. The summed E-state index contributed by atoms with van der Waals surface area (Å²) in [5.41, 5.74) is 2.62. The summed E-state index contributed by atoms with van der Waals surface area (Å²) in [6.07, 6.45) is 0. The number of nitrogens with one attached hydrogen (secondary N) is 2. The molecule has 31 heavy (non-hydrogen) atoms. The highest BCUT2D eigenvalue weighted by Gasteiger charge is 2.15. The maximum Gasteiger partial charge on any atom is 0.259 e. The molecule has 0 atom stereocenters. The molecular weight excluding hydrogens is 398 g/mol. The molecule has 0 saturated heterocycles. The van der Waals surface area contributed by atoms with Gasteiger partial charge in [0, 0.05) is 12.2 Å². The van der Waals surface area contributed by atoms with Crippen molar-refractivity contribution in [3.8, 4) is 11.5 Å². The van der Waals surface area contributed by atoms with Crippen LogP contribution in [-0.4, -0.2) is 30.1 Å². The number of aryl methyl sites for hydroxylation is 2. The quantitative estimate of drug-likeness (QED) is 0.545. The van der Waals surface area contributed by atoms with E-state index in [9.17, 15) is 9.59 Å². The van der Waals surface area contributed by atoms with Gasteiger partial charge >= 0.3 is 0 Å². The SMILES string of the molecule is CCNC(=O)COc1ccc(NC(=O)c2ccccc2OCc2c(C)noc2C)cc1. The predicted octanol–water partition coefficient (Wildman–Crippen LogP) is 3.64. The lowest BCUT2D eigenvalue weighted by Gasteiger charge is -2.12. The Hall–Kier alpha value is -3.81. The topological polar surface area (TPSA) is 103 Å². The molecule has 3 rings (SSSR count). The number of nitrogens with zero attached hydrogens (tertiary/aromatic N) is 1. The second kappa shape index (κ2) is 10.3. The van der Waals surface area contributed by atoms with Crippen LogP contribution in [0, 0.1) is 13.8 Å². The molecule has 0 radical (unpaired) electrons. The molecule has 8 nitrogen and oxygen atoms in total. The number of ether oxygens (including phenoxy) is 2. The van der Waals surface area contributed by atoms with E-state index in [-0.39, 0.29) is 25.0 Å². The van der Waals surface area contributed by atoms with Gasteiger partial charge in [-0.15, -0.1) is 0 Å². The third-order valence-corrected chi connectivity index (χ3v) is 4.54. The van der Waals surface area contributed by atoms with Gasteiger partial charge in [-0.3, -0.25) is 9.59 Å².